The van der Waals surface area contributed by atoms with Crippen LogP contribution in [0.1, 0.15) is 23.1 Å². The number of aryl methyl sites for hydroxylation is 2. The number of carbonyl (C=O) groups is 4. The van der Waals surface area contributed by atoms with Gasteiger partial charge in [-0.15, -0.1) is 11.8 Å². The molecule has 2 amide bonds. The van der Waals surface area contributed by atoms with Crippen LogP contribution in [0.2, 0.25) is 0 Å². The molecule has 1 saturated heterocycles. The molecule has 3 rings (SSSR count). The van der Waals surface area contributed by atoms with E-state index in [-0.39, 0.29) is 35.0 Å². The van der Waals surface area contributed by atoms with E-state index in [0.717, 1.165) is 9.58 Å². The summed E-state index contributed by atoms with van der Waals surface area (Å²) in [6, 6.07) is -1.07. The normalized spacial score (nSPS) is 20.4. The molecule has 3 heterocycles. The first-order chi connectivity index (χ1) is 14.0. The Bertz CT molecular complexity index is 1020. The van der Waals surface area contributed by atoms with Gasteiger partial charge in [0.2, 0.25) is 5.69 Å². The minimum absolute atomic E-state index is 0.0486. The van der Waals surface area contributed by atoms with E-state index in [2.05, 4.69) is 10.4 Å². The van der Waals surface area contributed by atoms with Crippen LogP contribution in [-0.2, 0) is 26.2 Å². The van der Waals surface area contributed by atoms with Gasteiger partial charge in [-0.3, -0.25) is 34.1 Å². The van der Waals surface area contributed by atoms with Crippen LogP contribution in [0.5, 0.6) is 0 Å². The molecule has 2 unspecified atom stereocenters. The van der Waals surface area contributed by atoms with Crippen LogP contribution in [0.3, 0.4) is 0 Å². The van der Waals surface area contributed by atoms with Crippen LogP contribution in [0.15, 0.2) is 11.3 Å². The predicted molar refractivity (Wildman–Crippen MR) is 100 cm³/mol. The topological polar surface area (TPSA) is 174 Å². The highest BCUT2D eigenvalue weighted by Crippen LogP contribution is 2.40. The third-order valence-corrected chi connectivity index (χ3v) is 5.91. The quantitative estimate of drug-likeness (QED) is 0.256. The first-order valence-electron chi connectivity index (χ1n) is 8.56. The second kappa shape index (κ2) is 7.78. The summed E-state index contributed by atoms with van der Waals surface area (Å²) >= 11 is 1.18. The van der Waals surface area contributed by atoms with E-state index in [4.69, 9.17) is 4.74 Å². The van der Waals surface area contributed by atoms with Crippen LogP contribution in [-0.4, -0.2) is 72.2 Å². The van der Waals surface area contributed by atoms with Crippen LogP contribution >= 0.6 is 11.8 Å². The fourth-order valence-electron chi connectivity index (χ4n) is 3.31. The number of esters is 1. The highest BCUT2D eigenvalue weighted by atomic mass is 32.2. The second-order valence-electron chi connectivity index (χ2n) is 6.56. The third kappa shape index (κ3) is 3.49. The van der Waals surface area contributed by atoms with Crippen molar-refractivity contribution in [2.24, 2.45) is 7.05 Å². The van der Waals surface area contributed by atoms with Gasteiger partial charge in [-0.2, -0.15) is 5.10 Å². The Labute approximate surface area is 173 Å². The van der Waals surface area contributed by atoms with Crippen molar-refractivity contribution in [1.29, 1.82) is 0 Å². The Morgan fingerprint density at radius 2 is 2.10 bits per heavy atom. The number of nitrogens with one attached hydrogen (secondary N) is 1. The summed E-state index contributed by atoms with van der Waals surface area (Å²) in [5.74, 6) is -3.33. The van der Waals surface area contributed by atoms with E-state index >= 15 is 0 Å². The van der Waals surface area contributed by atoms with Gasteiger partial charge in [0.15, 0.2) is 0 Å². The van der Waals surface area contributed by atoms with Gasteiger partial charge in [-0.05, 0) is 6.92 Å². The number of hydrogen-bond donors (Lipinski definition) is 2. The van der Waals surface area contributed by atoms with Crippen LogP contribution < -0.4 is 5.32 Å². The number of aliphatic carboxylic acids is 1. The molecule has 0 spiro atoms. The van der Waals surface area contributed by atoms with Crippen LogP contribution in [0, 0.1) is 17.0 Å². The molecule has 0 bridgehead atoms. The average Bonchev–Trinajstić information content (AvgIpc) is 2.97. The summed E-state index contributed by atoms with van der Waals surface area (Å²) in [5, 5.41) is 26.4. The van der Waals surface area contributed by atoms with E-state index in [9.17, 15) is 34.4 Å². The molecule has 2 aliphatic rings. The van der Waals surface area contributed by atoms with E-state index in [1.165, 1.54) is 32.7 Å². The molecule has 0 saturated carbocycles. The summed E-state index contributed by atoms with van der Waals surface area (Å²) in [6.45, 7) is 2.30. The number of nitro groups is 1. The van der Waals surface area contributed by atoms with Gasteiger partial charge < -0.3 is 15.2 Å². The molecular weight excluding hydrogens is 422 g/mol. The van der Waals surface area contributed by atoms with E-state index in [1.54, 1.807) is 0 Å². The molecular formula is C16H17N5O8S. The molecule has 1 fully saturated rings. The lowest BCUT2D eigenvalue weighted by molar-refractivity contribution is -0.385. The number of hydrogen-bond acceptors (Lipinski definition) is 9. The molecule has 0 aromatic carbocycles. The number of carboxylic acids is 1. The minimum atomic E-state index is -1.36. The van der Waals surface area contributed by atoms with Crippen molar-refractivity contribution in [3.8, 4) is 0 Å². The van der Waals surface area contributed by atoms with Gasteiger partial charge in [0.25, 0.3) is 11.8 Å². The Morgan fingerprint density at radius 3 is 2.67 bits per heavy atom. The smallest absolute Gasteiger partial charge is 0.352 e. The Hall–Kier alpha value is -3.42. The number of ether oxygens (including phenoxy) is 1. The van der Waals surface area contributed by atoms with Gasteiger partial charge >= 0.3 is 17.6 Å². The van der Waals surface area contributed by atoms with Gasteiger partial charge in [-0.1, -0.05) is 0 Å². The maximum atomic E-state index is 12.6. The number of carboxylic acid groups (broad SMARTS) is 1. The predicted octanol–water partition coefficient (Wildman–Crippen LogP) is -0.448. The molecule has 2 atom stereocenters. The number of carbonyl (C=O) groups excluding carboxylic acids is 3. The van der Waals surface area contributed by atoms with Crippen LogP contribution in [0.25, 0.3) is 0 Å². The van der Waals surface area contributed by atoms with Crippen molar-refractivity contribution < 1.29 is 33.9 Å². The number of β-lactam (4-membered cyclic amide) rings is 1. The molecule has 1 aromatic rings. The standard InChI is InChI=1S/C16H17N5O8S/c1-6-10(21(27)28)12(19(3)18-6)13(23)17-9-14(24)20-11(16(25)26)8(4-29-7(2)22)5-30-15(9)20/h9,15H,4-5H2,1-3H3,(H,17,23)(H,25,26). The van der Waals surface area contributed by atoms with Crippen LogP contribution in [0.4, 0.5) is 5.69 Å². The Kier molecular flexibility index (Phi) is 5.52. The Balaban J connectivity index is 1.82. The molecule has 30 heavy (non-hydrogen) atoms. The zero-order chi connectivity index (χ0) is 22.3. The lowest BCUT2D eigenvalue weighted by Crippen LogP contribution is -2.70. The molecule has 2 N–H and O–H groups in total. The van der Waals surface area contributed by atoms with Gasteiger partial charge in [0.05, 0.1) is 4.92 Å². The zero-order valence-corrected chi connectivity index (χ0v) is 16.9. The first kappa shape index (κ1) is 21.3. The first-order valence-corrected chi connectivity index (χ1v) is 9.61. The highest BCUT2D eigenvalue weighted by molar-refractivity contribution is 8.00. The summed E-state index contributed by atoms with van der Waals surface area (Å²) in [4.78, 5) is 59.5. The van der Waals surface area contributed by atoms with E-state index < -0.39 is 45.8 Å². The van der Waals surface area contributed by atoms with Crippen molar-refractivity contribution >= 4 is 41.2 Å². The average molecular weight is 439 g/mol. The largest absolute Gasteiger partial charge is 0.477 e. The number of fused-ring (bicyclic) bond motifs is 1. The summed E-state index contributed by atoms with van der Waals surface area (Å²) < 4.78 is 5.90. The Morgan fingerprint density at radius 1 is 1.43 bits per heavy atom. The second-order valence-corrected chi connectivity index (χ2v) is 7.67. The SMILES string of the molecule is CC(=O)OCC1=C(C(=O)O)N2C(=O)C(NC(=O)c3c([N+](=O)[O-])c(C)nn3C)C2SC1. The number of amides is 2. The van der Waals surface area contributed by atoms with Crippen molar-refractivity contribution in [3.05, 3.63) is 32.8 Å². The lowest BCUT2D eigenvalue weighted by Gasteiger charge is -2.49. The fourth-order valence-corrected chi connectivity index (χ4v) is 4.64. The van der Waals surface area contributed by atoms with Gasteiger partial charge in [0, 0.05) is 25.3 Å². The molecule has 0 radical (unpaired) electrons. The molecule has 160 valence electrons. The zero-order valence-electron chi connectivity index (χ0n) is 16.1. The maximum Gasteiger partial charge on any atom is 0.352 e. The van der Waals surface area contributed by atoms with E-state index in [1.807, 2.05) is 0 Å². The number of nitrogens with zero attached hydrogens (tertiary/aromatic N) is 4. The lowest BCUT2D eigenvalue weighted by atomic mass is 10.0. The molecule has 2 aliphatic heterocycles. The highest BCUT2D eigenvalue weighted by Gasteiger charge is 2.54. The summed E-state index contributed by atoms with van der Waals surface area (Å²) in [5.41, 5.74) is -0.765. The van der Waals surface area contributed by atoms with Gasteiger partial charge in [-0.25, -0.2) is 4.79 Å². The summed E-state index contributed by atoms with van der Waals surface area (Å²) in [7, 11) is 1.37. The molecule has 1 aromatic heterocycles. The van der Waals surface area contributed by atoms with Crippen molar-refractivity contribution in [2.75, 3.05) is 12.4 Å². The monoisotopic (exact) mass is 439 g/mol. The molecule has 0 aliphatic carbocycles. The number of aromatic nitrogens is 2. The number of rotatable bonds is 6. The summed E-state index contributed by atoms with van der Waals surface area (Å²) in [6.07, 6.45) is 0. The van der Waals surface area contributed by atoms with Crippen molar-refractivity contribution in [2.45, 2.75) is 25.3 Å². The molecule has 13 nitrogen and oxygen atoms in total. The van der Waals surface area contributed by atoms with Crippen molar-refractivity contribution in [1.82, 2.24) is 20.0 Å². The van der Waals surface area contributed by atoms with Crippen molar-refractivity contribution in [3.63, 3.8) is 0 Å². The van der Waals surface area contributed by atoms with Gasteiger partial charge in [0.1, 0.15) is 29.4 Å². The molecule has 14 heteroatoms. The maximum absolute atomic E-state index is 12.6. The van der Waals surface area contributed by atoms with E-state index in [0.29, 0.717) is 0 Å². The fraction of sp³-hybridized carbons (Fsp3) is 0.438. The number of thioether (sulfide) groups is 1. The third-order valence-electron chi connectivity index (χ3n) is 4.57. The minimum Gasteiger partial charge on any atom is -0.477 e.